The molecule has 0 aromatic carbocycles. The van der Waals surface area contributed by atoms with Crippen LogP contribution in [0.25, 0.3) is 0 Å². The van der Waals surface area contributed by atoms with Crippen molar-refractivity contribution in [3.63, 3.8) is 0 Å². The SMILES string of the molecule is NCCn1cc(C(=O)c2cccs2)nn1. The fourth-order valence-electron chi connectivity index (χ4n) is 1.18. The maximum absolute atomic E-state index is 11.8. The van der Waals surface area contributed by atoms with Crippen molar-refractivity contribution in [1.82, 2.24) is 15.0 Å². The first kappa shape index (κ1) is 10.0. The highest BCUT2D eigenvalue weighted by atomic mass is 32.1. The molecule has 2 aromatic heterocycles. The Hall–Kier alpha value is -1.53. The van der Waals surface area contributed by atoms with Crippen LogP contribution >= 0.6 is 11.3 Å². The average Bonchev–Trinajstić information content (AvgIpc) is 2.87. The highest BCUT2D eigenvalue weighted by molar-refractivity contribution is 7.12. The first-order valence-electron chi connectivity index (χ1n) is 4.49. The Morgan fingerprint density at radius 3 is 3.13 bits per heavy atom. The van der Waals surface area contributed by atoms with E-state index in [9.17, 15) is 4.79 Å². The summed E-state index contributed by atoms with van der Waals surface area (Å²) < 4.78 is 1.57. The molecular formula is C9H10N4OS. The van der Waals surface area contributed by atoms with Gasteiger partial charge in [0, 0.05) is 6.54 Å². The zero-order valence-corrected chi connectivity index (χ0v) is 8.78. The molecule has 0 aliphatic carbocycles. The maximum Gasteiger partial charge on any atom is 0.224 e. The van der Waals surface area contributed by atoms with Gasteiger partial charge < -0.3 is 5.73 Å². The molecule has 0 unspecified atom stereocenters. The minimum Gasteiger partial charge on any atom is -0.329 e. The standard InChI is InChI=1S/C9H10N4OS/c10-3-4-13-6-7(11-12-13)9(14)8-2-1-5-15-8/h1-2,5-6H,3-4,10H2. The van der Waals surface area contributed by atoms with Crippen LogP contribution in [-0.4, -0.2) is 27.3 Å². The maximum atomic E-state index is 11.8. The number of aromatic nitrogens is 3. The molecule has 78 valence electrons. The number of carbonyl (C=O) groups excluding carboxylic acids is 1. The molecule has 2 heterocycles. The van der Waals surface area contributed by atoms with Crippen LogP contribution in [0.5, 0.6) is 0 Å². The molecule has 0 radical (unpaired) electrons. The van der Waals surface area contributed by atoms with Crippen molar-refractivity contribution in [2.45, 2.75) is 6.54 Å². The molecule has 6 heteroatoms. The van der Waals surface area contributed by atoms with Gasteiger partial charge in [0.1, 0.15) is 0 Å². The monoisotopic (exact) mass is 222 g/mol. The quantitative estimate of drug-likeness (QED) is 0.766. The molecule has 0 saturated heterocycles. The third-order valence-corrected chi connectivity index (χ3v) is 2.74. The Balaban J connectivity index is 2.19. The molecule has 0 bridgehead atoms. The predicted molar refractivity (Wildman–Crippen MR) is 56.8 cm³/mol. The van der Waals surface area contributed by atoms with Crippen molar-refractivity contribution < 1.29 is 4.79 Å². The van der Waals surface area contributed by atoms with E-state index in [1.54, 1.807) is 16.9 Å². The minimum atomic E-state index is -0.0896. The van der Waals surface area contributed by atoms with Gasteiger partial charge in [0.15, 0.2) is 5.69 Å². The highest BCUT2D eigenvalue weighted by Crippen LogP contribution is 2.12. The summed E-state index contributed by atoms with van der Waals surface area (Å²) in [5, 5.41) is 9.47. The summed E-state index contributed by atoms with van der Waals surface area (Å²) in [4.78, 5) is 12.5. The topological polar surface area (TPSA) is 73.8 Å². The molecule has 0 atom stereocenters. The molecule has 0 amide bonds. The Labute approximate surface area is 90.5 Å². The van der Waals surface area contributed by atoms with E-state index in [4.69, 9.17) is 5.73 Å². The van der Waals surface area contributed by atoms with Crippen molar-refractivity contribution in [2.75, 3.05) is 6.54 Å². The van der Waals surface area contributed by atoms with E-state index < -0.39 is 0 Å². The molecule has 0 saturated carbocycles. The van der Waals surface area contributed by atoms with Crippen LogP contribution in [0, 0.1) is 0 Å². The molecule has 15 heavy (non-hydrogen) atoms. The molecule has 0 aliphatic rings. The third kappa shape index (κ3) is 2.11. The number of carbonyl (C=O) groups is 1. The van der Waals surface area contributed by atoms with Gasteiger partial charge in [-0.2, -0.15) is 0 Å². The van der Waals surface area contributed by atoms with Gasteiger partial charge in [-0.05, 0) is 11.4 Å². The number of rotatable bonds is 4. The number of ketones is 1. The van der Waals surface area contributed by atoms with Gasteiger partial charge in [0.05, 0.1) is 17.6 Å². The average molecular weight is 222 g/mol. The van der Waals surface area contributed by atoms with Crippen molar-refractivity contribution >= 4 is 17.1 Å². The van der Waals surface area contributed by atoms with Crippen molar-refractivity contribution in [2.24, 2.45) is 5.73 Å². The lowest BCUT2D eigenvalue weighted by Crippen LogP contribution is -2.10. The third-order valence-electron chi connectivity index (χ3n) is 1.87. The molecule has 2 rings (SSSR count). The van der Waals surface area contributed by atoms with Crippen LogP contribution in [0.2, 0.25) is 0 Å². The molecule has 0 spiro atoms. The summed E-state index contributed by atoms with van der Waals surface area (Å²) in [6, 6.07) is 3.61. The van der Waals surface area contributed by atoms with Gasteiger partial charge >= 0.3 is 0 Å². The van der Waals surface area contributed by atoms with Gasteiger partial charge in [0.25, 0.3) is 0 Å². The predicted octanol–water partition coefficient (Wildman–Crippen LogP) is 0.529. The molecule has 2 aromatic rings. The van der Waals surface area contributed by atoms with Crippen LogP contribution in [0.4, 0.5) is 0 Å². The van der Waals surface area contributed by atoms with Gasteiger partial charge in [-0.25, -0.2) is 0 Å². The lowest BCUT2D eigenvalue weighted by molar-refractivity contribution is 0.103. The second-order valence-corrected chi connectivity index (χ2v) is 3.91. The summed E-state index contributed by atoms with van der Waals surface area (Å²) in [6.07, 6.45) is 1.62. The van der Waals surface area contributed by atoms with E-state index in [1.807, 2.05) is 11.4 Å². The summed E-state index contributed by atoms with van der Waals surface area (Å²) in [5.41, 5.74) is 5.74. The van der Waals surface area contributed by atoms with E-state index >= 15 is 0 Å². The lowest BCUT2D eigenvalue weighted by Gasteiger charge is -1.92. The second-order valence-electron chi connectivity index (χ2n) is 2.96. The highest BCUT2D eigenvalue weighted by Gasteiger charge is 2.13. The van der Waals surface area contributed by atoms with Crippen LogP contribution in [-0.2, 0) is 6.54 Å². The van der Waals surface area contributed by atoms with Gasteiger partial charge in [-0.3, -0.25) is 9.48 Å². The number of nitrogens with two attached hydrogens (primary N) is 1. The zero-order chi connectivity index (χ0) is 10.7. The summed E-state index contributed by atoms with van der Waals surface area (Å²) in [6.45, 7) is 1.06. The molecule has 2 N–H and O–H groups in total. The van der Waals surface area contributed by atoms with E-state index in [0.717, 1.165) is 0 Å². The fraction of sp³-hybridized carbons (Fsp3) is 0.222. The van der Waals surface area contributed by atoms with Crippen LogP contribution in [0.3, 0.4) is 0 Å². The van der Waals surface area contributed by atoms with E-state index in [0.29, 0.717) is 23.7 Å². The minimum absolute atomic E-state index is 0.0896. The number of hydrogen-bond donors (Lipinski definition) is 1. The van der Waals surface area contributed by atoms with E-state index in [-0.39, 0.29) is 5.78 Å². The zero-order valence-electron chi connectivity index (χ0n) is 7.96. The smallest absolute Gasteiger partial charge is 0.224 e. The van der Waals surface area contributed by atoms with Crippen molar-refractivity contribution in [3.05, 3.63) is 34.3 Å². The molecule has 0 aliphatic heterocycles. The Kier molecular flexibility index (Phi) is 2.89. The molecular weight excluding hydrogens is 212 g/mol. The summed E-state index contributed by atoms with van der Waals surface area (Å²) in [5.74, 6) is -0.0896. The van der Waals surface area contributed by atoms with Gasteiger partial charge in [-0.15, -0.1) is 16.4 Å². The fourth-order valence-corrected chi connectivity index (χ4v) is 1.85. The van der Waals surface area contributed by atoms with E-state index in [2.05, 4.69) is 10.3 Å². The normalized spacial score (nSPS) is 10.5. The Bertz CT molecular complexity index is 448. The summed E-state index contributed by atoms with van der Waals surface area (Å²) in [7, 11) is 0. The molecule has 0 fully saturated rings. The number of nitrogens with zero attached hydrogens (tertiary/aromatic N) is 3. The first-order chi connectivity index (χ1) is 7.31. The van der Waals surface area contributed by atoms with E-state index in [1.165, 1.54) is 11.3 Å². The van der Waals surface area contributed by atoms with Crippen molar-refractivity contribution in [3.8, 4) is 0 Å². The van der Waals surface area contributed by atoms with Crippen LogP contribution in [0.15, 0.2) is 23.7 Å². The van der Waals surface area contributed by atoms with Crippen LogP contribution < -0.4 is 5.73 Å². The number of thiophene rings is 1. The largest absolute Gasteiger partial charge is 0.329 e. The van der Waals surface area contributed by atoms with Crippen LogP contribution in [0.1, 0.15) is 15.4 Å². The second kappa shape index (κ2) is 4.33. The first-order valence-corrected chi connectivity index (χ1v) is 5.37. The van der Waals surface area contributed by atoms with Crippen molar-refractivity contribution in [1.29, 1.82) is 0 Å². The Morgan fingerprint density at radius 2 is 2.47 bits per heavy atom. The lowest BCUT2D eigenvalue weighted by atomic mass is 10.2. The van der Waals surface area contributed by atoms with Gasteiger partial charge in [0.2, 0.25) is 5.78 Å². The summed E-state index contributed by atoms with van der Waals surface area (Å²) >= 11 is 1.40. The Morgan fingerprint density at radius 1 is 1.60 bits per heavy atom. The van der Waals surface area contributed by atoms with Gasteiger partial charge in [-0.1, -0.05) is 11.3 Å². The molecule has 5 nitrogen and oxygen atoms in total. The number of hydrogen-bond acceptors (Lipinski definition) is 5.